The Morgan fingerprint density at radius 1 is 0.735 bits per heavy atom. The van der Waals surface area contributed by atoms with E-state index in [1.54, 1.807) is 6.07 Å². The largest absolute Gasteiger partial charge is 0.468 e. The summed E-state index contributed by atoms with van der Waals surface area (Å²) in [5, 5.41) is 28.6. The lowest BCUT2D eigenvalue weighted by Crippen LogP contribution is -2.59. The fourth-order valence-corrected chi connectivity index (χ4v) is 8.73. The Labute approximate surface area is 301 Å². The van der Waals surface area contributed by atoms with Gasteiger partial charge in [-0.3, -0.25) is 9.59 Å². The second-order valence-electron chi connectivity index (χ2n) is 12.7. The molecule has 0 amide bonds. The Morgan fingerprint density at radius 3 is 1.92 bits per heavy atom. The number of hydrogen-bond donors (Lipinski definition) is 1. The van der Waals surface area contributed by atoms with E-state index in [1.807, 2.05) is 127 Å². The quantitative estimate of drug-likeness (QED) is 0.135. The Kier molecular flexibility index (Phi) is 8.74. The van der Waals surface area contributed by atoms with Crippen LogP contribution in [0.15, 0.2) is 142 Å². The van der Waals surface area contributed by atoms with Gasteiger partial charge in [-0.15, -0.1) is 0 Å². The van der Waals surface area contributed by atoms with Crippen LogP contribution >= 0.6 is 31.9 Å². The second-order valence-corrected chi connectivity index (χ2v) is 14.5. The minimum Gasteiger partial charge on any atom is -0.468 e. The number of methoxy groups -OCH3 is 1. The molecule has 1 saturated carbocycles. The Bertz CT molecular complexity index is 2300. The van der Waals surface area contributed by atoms with E-state index in [9.17, 15) is 15.2 Å². The van der Waals surface area contributed by atoms with E-state index in [0.29, 0.717) is 26.7 Å². The number of halogens is 2. The minimum absolute atomic E-state index is 0.0983. The first kappa shape index (κ1) is 32.9. The van der Waals surface area contributed by atoms with Gasteiger partial charge in [0, 0.05) is 26.3 Å². The molecule has 242 valence electrons. The summed E-state index contributed by atoms with van der Waals surface area (Å²) in [6.07, 6.45) is -0.0983. The molecule has 0 aliphatic heterocycles. The third kappa shape index (κ3) is 5.58. The average molecular weight is 774 g/mol. The molecular weight excluding hydrogens is 742 g/mol. The number of ether oxygens (including phenoxy) is 1. The molecule has 6 aromatic carbocycles. The summed E-state index contributed by atoms with van der Waals surface area (Å²) in [5.41, 5.74) is -1.61. The summed E-state index contributed by atoms with van der Waals surface area (Å²) < 4.78 is 6.95. The summed E-state index contributed by atoms with van der Waals surface area (Å²) in [5.74, 6) is -4.41. The van der Waals surface area contributed by atoms with Crippen molar-refractivity contribution < 1.29 is 19.4 Å². The van der Waals surface area contributed by atoms with E-state index in [0.717, 1.165) is 26.0 Å². The predicted octanol–water partition coefficient (Wildman–Crippen LogP) is 9.86. The molecule has 0 radical (unpaired) electrons. The smallest absolute Gasteiger partial charge is 0.327 e. The van der Waals surface area contributed by atoms with Gasteiger partial charge in [0.2, 0.25) is 0 Å². The van der Waals surface area contributed by atoms with E-state index in [1.165, 1.54) is 7.11 Å². The summed E-state index contributed by atoms with van der Waals surface area (Å²) in [6.45, 7) is 0. The number of fused-ring (bicyclic) bond motifs is 2. The number of aliphatic hydroxyl groups is 1. The number of ketones is 1. The number of Topliss-reactive ketones (excluding diaryl/α,β-unsaturated/α-hetero) is 1. The van der Waals surface area contributed by atoms with Crippen molar-refractivity contribution in [2.45, 2.75) is 23.9 Å². The van der Waals surface area contributed by atoms with E-state index in [4.69, 9.17) is 4.74 Å². The van der Waals surface area contributed by atoms with E-state index >= 15 is 4.79 Å². The predicted molar refractivity (Wildman–Crippen MR) is 198 cm³/mol. The number of nitrogens with zero attached hydrogens (tertiary/aromatic N) is 1. The molecule has 5 atom stereocenters. The van der Waals surface area contributed by atoms with E-state index < -0.39 is 34.7 Å². The van der Waals surface area contributed by atoms with Gasteiger partial charge in [-0.1, -0.05) is 129 Å². The highest BCUT2D eigenvalue weighted by atomic mass is 79.9. The van der Waals surface area contributed by atoms with Crippen molar-refractivity contribution >= 4 is 65.2 Å². The third-order valence-corrected chi connectivity index (χ3v) is 11.1. The summed E-state index contributed by atoms with van der Waals surface area (Å²) in [7, 11) is 1.27. The molecular formula is C42H31Br2NO4. The minimum atomic E-state index is -1.91. The summed E-state index contributed by atoms with van der Waals surface area (Å²) in [4.78, 5) is 29.7. The van der Waals surface area contributed by atoms with Gasteiger partial charge in [0.25, 0.3) is 0 Å². The molecule has 0 saturated heterocycles. The van der Waals surface area contributed by atoms with E-state index in [2.05, 4.69) is 37.9 Å². The summed E-state index contributed by atoms with van der Waals surface area (Å²) in [6, 6.07) is 43.9. The normalized spacial score (nSPS) is 23.5. The molecule has 1 fully saturated rings. The lowest BCUT2D eigenvalue weighted by Gasteiger charge is -2.54. The topological polar surface area (TPSA) is 87.4 Å². The monoisotopic (exact) mass is 771 g/mol. The van der Waals surface area contributed by atoms with Crippen molar-refractivity contribution in [1.29, 1.82) is 5.26 Å². The van der Waals surface area contributed by atoms with Crippen LogP contribution in [0.1, 0.15) is 45.3 Å². The highest BCUT2D eigenvalue weighted by molar-refractivity contribution is 9.10. The molecule has 0 aromatic heterocycles. The maximum atomic E-state index is 15.3. The summed E-state index contributed by atoms with van der Waals surface area (Å²) >= 11 is 7.16. The SMILES string of the molecule is COC(=O)[C@@]1(C#N)[C@H](c2cccc(Br)c2)C[C@](O)(c2ccc3ccccc3c2)[C@H](C(=O)c2ccc3ccccc3c2)[C@@H]1c1cccc(Br)c1. The first-order chi connectivity index (χ1) is 23.7. The first-order valence-corrected chi connectivity index (χ1v) is 17.5. The zero-order chi connectivity index (χ0) is 34.3. The standard InChI is InChI=1S/C42H31Br2NO4/c1-49-40(47)41(25-45)36(30-12-6-14-34(43)22-30)24-42(48,33-19-18-27-9-3-5-11-29(27)21-33)38(37(41)31-13-7-15-35(44)23-31)39(46)32-17-16-26-8-2-4-10-28(26)20-32/h2-23,36-38,48H,24H2,1H3/t36-,37-,38-,41-,42-/m0/s1. The molecule has 49 heavy (non-hydrogen) atoms. The van der Waals surface area contributed by atoms with E-state index in [-0.39, 0.29) is 12.2 Å². The van der Waals surface area contributed by atoms with Gasteiger partial charge in [0.05, 0.1) is 19.1 Å². The number of rotatable bonds is 6. The molecule has 1 aliphatic rings. The van der Waals surface area contributed by atoms with Crippen LogP contribution in [0, 0.1) is 22.7 Å². The van der Waals surface area contributed by atoms with Crippen molar-refractivity contribution in [1.82, 2.24) is 0 Å². The number of carbonyl (C=O) groups excluding carboxylic acids is 2. The molecule has 6 aromatic rings. The van der Waals surface area contributed by atoms with Crippen LogP contribution in [-0.4, -0.2) is 24.0 Å². The lowest BCUT2D eigenvalue weighted by molar-refractivity contribution is -0.162. The van der Waals surface area contributed by atoms with Crippen molar-refractivity contribution in [2.75, 3.05) is 7.11 Å². The van der Waals surface area contributed by atoms with Gasteiger partial charge in [0.15, 0.2) is 11.2 Å². The highest BCUT2D eigenvalue weighted by Crippen LogP contribution is 2.64. The van der Waals surface area contributed by atoms with Crippen LogP contribution in [0.3, 0.4) is 0 Å². The number of esters is 1. The van der Waals surface area contributed by atoms with Gasteiger partial charge in [-0.2, -0.15) is 5.26 Å². The molecule has 0 spiro atoms. The lowest BCUT2D eigenvalue weighted by atomic mass is 9.47. The Morgan fingerprint density at radius 2 is 1.31 bits per heavy atom. The first-order valence-electron chi connectivity index (χ1n) is 15.9. The van der Waals surface area contributed by atoms with Gasteiger partial charge < -0.3 is 9.84 Å². The molecule has 0 heterocycles. The van der Waals surface area contributed by atoms with Crippen LogP contribution in [-0.2, 0) is 15.1 Å². The number of benzene rings is 6. The van der Waals surface area contributed by atoms with Gasteiger partial charge in [-0.25, -0.2) is 0 Å². The Balaban J connectivity index is 1.58. The van der Waals surface area contributed by atoms with Gasteiger partial charge >= 0.3 is 5.97 Å². The van der Waals surface area contributed by atoms with Crippen molar-refractivity contribution in [3.63, 3.8) is 0 Å². The number of nitriles is 1. The molecule has 0 bridgehead atoms. The molecule has 0 unspecified atom stereocenters. The fraction of sp³-hybridized carbons (Fsp3) is 0.167. The zero-order valence-electron chi connectivity index (χ0n) is 26.5. The van der Waals surface area contributed by atoms with Crippen LogP contribution in [0.4, 0.5) is 0 Å². The maximum Gasteiger partial charge on any atom is 0.327 e. The maximum absolute atomic E-state index is 15.3. The fourth-order valence-electron chi connectivity index (χ4n) is 7.89. The molecule has 1 aliphatic carbocycles. The van der Waals surface area contributed by atoms with Gasteiger partial charge in [-0.05, 0) is 81.1 Å². The van der Waals surface area contributed by atoms with Crippen LogP contribution in [0.2, 0.25) is 0 Å². The average Bonchev–Trinajstić information content (AvgIpc) is 3.13. The zero-order valence-corrected chi connectivity index (χ0v) is 29.7. The highest BCUT2D eigenvalue weighted by Gasteiger charge is 2.67. The van der Waals surface area contributed by atoms with Crippen LogP contribution in [0.5, 0.6) is 0 Å². The van der Waals surface area contributed by atoms with Crippen LogP contribution in [0.25, 0.3) is 21.5 Å². The molecule has 5 nitrogen and oxygen atoms in total. The molecule has 7 rings (SSSR count). The number of hydrogen-bond acceptors (Lipinski definition) is 5. The third-order valence-electron chi connectivity index (χ3n) is 10.1. The second kappa shape index (κ2) is 13.0. The van der Waals surface area contributed by atoms with Crippen molar-refractivity contribution in [2.24, 2.45) is 11.3 Å². The van der Waals surface area contributed by atoms with Crippen molar-refractivity contribution in [3.05, 3.63) is 165 Å². The molecule has 7 heteroatoms. The van der Waals surface area contributed by atoms with Gasteiger partial charge in [0.1, 0.15) is 5.60 Å². The Hall–Kier alpha value is -4.61. The van der Waals surface area contributed by atoms with Crippen molar-refractivity contribution in [3.8, 4) is 6.07 Å². The molecule has 1 N–H and O–H groups in total. The number of carbonyl (C=O) groups is 2. The van der Waals surface area contributed by atoms with Crippen LogP contribution < -0.4 is 0 Å².